The highest BCUT2D eigenvalue weighted by Crippen LogP contribution is 2.46. The van der Waals surface area contributed by atoms with Crippen molar-refractivity contribution in [1.82, 2.24) is 0 Å². The predicted octanol–water partition coefficient (Wildman–Crippen LogP) is 8.18. The Bertz CT molecular complexity index is 1370. The molecule has 3 aromatic rings. The third-order valence-electron chi connectivity index (χ3n) is 8.91. The van der Waals surface area contributed by atoms with Crippen LogP contribution < -0.4 is 0 Å². The molecule has 0 bridgehead atoms. The second kappa shape index (κ2) is 17.0. The van der Waals surface area contributed by atoms with Crippen molar-refractivity contribution in [3.63, 3.8) is 0 Å². The molecule has 0 saturated carbocycles. The first-order valence-corrected chi connectivity index (χ1v) is 16.4. The molecule has 0 amide bonds. The monoisotopic (exact) mass is 622 g/mol. The van der Waals surface area contributed by atoms with Crippen LogP contribution in [-0.4, -0.2) is 41.7 Å². The summed E-state index contributed by atoms with van der Waals surface area (Å²) in [5.41, 5.74) is 10.6. The Balaban J connectivity index is 2.56. The van der Waals surface area contributed by atoms with E-state index in [2.05, 4.69) is 39.0 Å². The molecule has 3 aromatic carbocycles. The summed E-state index contributed by atoms with van der Waals surface area (Å²) in [7, 11) is 0. The van der Waals surface area contributed by atoms with Crippen LogP contribution in [0.15, 0.2) is 18.2 Å². The lowest BCUT2D eigenvalue weighted by molar-refractivity contribution is 0.125. The minimum Gasteiger partial charge on any atom is -0.507 e. The van der Waals surface area contributed by atoms with Gasteiger partial charge in [-0.05, 0) is 118 Å². The van der Waals surface area contributed by atoms with Crippen LogP contribution in [0.5, 0.6) is 17.2 Å². The Kier molecular flexibility index (Phi) is 13.7. The Hall–Kier alpha value is -3.10. The number of hydrogen-bond acceptors (Lipinski definition) is 7. The highest BCUT2D eigenvalue weighted by Gasteiger charge is 2.30. The van der Waals surface area contributed by atoms with E-state index in [1.54, 1.807) is 0 Å². The lowest BCUT2D eigenvalue weighted by Gasteiger charge is -2.30. The average Bonchev–Trinajstić information content (AvgIpc) is 3.03. The molecule has 3 rings (SSSR count). The van der Waals surface area contributed by atoms with Gasteiger partial charge in [0.15, 0.2) is 0 Å². The third kappa shape index (κ3) is 7.83. The van der Waals surface area contributed by atoms with Gasteiger partial charge in [0.25, 0.3) is 0 Å². The smallest absolute Gasteiger partial charge is 0.126 e. The van der Waals surface area contributed by atoms with Gasteiger partial charge in [-0.25, -0.2) is 0 Å². The van der Waals surface area contributed by atoms with E-state index in [0.29, 0.717) is 56.1 Å². The largest absolute Gasteiger partial charge is 0.507 e. The molecule has 0 atom stereocenters. The molecule has 248 valence electrons. The topological polar surface area (TPSA) is 97.6 Å². The zero-order valence-corrected chi connectivity index (χ0v) is 28.9. The van der Waals surface area contributed by atoms with E-state index < -0.39 is 0 Å². The second-order valence-corrected chi connectivity index (χ2v) is 11.4. The van der Waals surface area contributed by atoms with Crippen molar-refractivity contribution < 1.29 is 34.3 Å². The molecular formula is C38H54O7. The number of aromatic hydroxyl groups is 3. The first kappa shape index (κ1) is 36.4. The zero-order chi connectivity index (χ0) is 33.3. The van der Waals surface area contributed by atoms with Crippen LogP contribution in [0, 0.1) is 20.8 Å². The lowest BCUT2D eigenvalue weighted by Crippen LogP contribution is -2.15. The standard InChI is InChI=1S/C38H54O7/c1-10-26-16-30(23(7)29(11-2)36(26)39)35(31-17-27(19-42-12-3)37(40)33(24(31)8)21-44-14-5)32-18-28(20-43-13-4)38(41)34(25(32)9)22-45-15-6/h16-18,35,39-41H,10-15,19-22H2,1-9H3. The van der Waals surface area contributed by atoms with E-state index in [9.17, 15) is 15.3 Å². The summed E-state index contributed by atoms with van der Waals surface area (Å²) in [6.07, 6.45) is 1.36. The molecule has 0 aliphatic carbocycles. The van der Waals surface area contributed by atoms with E-state index in [1.807, 2.05) is 41.5 Å². The molecule has 0 fully saturated rings. The molecule has 7 nitrogen and oxygen atoms in total. The maximum atomic E-state index is 11.4. The van der Waals surface area contributed by atoms with Gasteiger partial charge >= 0.3 is 0 Å². The van der Waals surface area contributed by atoms with Gasteiger partial charge in [0.1, 0.15) is 17.2 Å². The van der Waals surface area contributed by atoms with E-state index in [1.165, 1.54) is 0 Å². The molecule has 45 heavy (non-hydrogen) atoms. The summed E-state index contributed by atoms with van der Waals surface area (Å²) in [5, 5.41) is 34.1. The number of aryl methyl sites for hydroxylation is 1. The summed E-state index contributed by atoms with van der Waals surface area (Å²) in [4.78, 5) is 0. The molecule has 0 aromatic heterocycles. The summed E-state index contributed by atoms with van der Waals surface area (Å²) in [6.45, 7) is 21.2. The van der Waals surface area contributed by atoms with Crippen molar-refractivity contribution >= 4 is 0 Å². The van der Waals surface area contributed by atoms with Gasteiger partial charge in [-0.15, -0.1) is 0 Å². The minimum atomic E-state index is -0.302. The van der Waals surface area contributed by atoms with Crippen LogP contribution in [0.4, 0.5) is 0 Å². The van der Waals surface area contributed by atoms with Crippen LogP contribution in [0.3, 0.4) is 0 Å². The van der Waals surface area contributed by atoms with Crippen LogP contribution >= 0.6 is 0 Å². The predicted molar refractivity (Wildman–Crippen MR) is 180 cm³/mol. The molecular weight excluding hydrogens is 568 g/mol. The maximum absolute atomic E-state index is 11.4. The van der Waals surface area contributed by atoms with Gasteiger partial charge in [-0.3, -0.25) is 0 Å². The molecule has 3 N–H and O–H groups in total. The van der Waals surface area contributed by atoms with Crippen molar-refractivity contribution in [2.24, 2.45) is 0 Å². The van der Waals surface area contributed by atoms with E-state index >= 15 is 0 Å². The Morgan fingerprint density at radius 1 is 0.467 bits per heavy atom. The van der Waals surface area contributed by atoms with Gasteiger partial charge < -0.3 is 34.3 Å². The normalized spacial score (nSPS) is 11.6. The van der Waals surface area contributed by atoms with Crippen LogP contribution in [0.2, 0.25) is 0 Å². The number of benzene rings is 3. The Labute approximate surface area is 270 Å². The third-order valence-corrected chi connectivity index (χ3v) is 8.91. The molecule has 7 heteroatoms. The molecule has 0 heterocycles. The first-order chi connectivity index (χ1) is 21.6. The molecule has 0 saturated heterocycles. The molecule has 0 unspecified atom stereocenters. The summed E-state index contributed by atoms with van der Waals surface area (Å²) < 4.78 is 23.4. The fourth-order valence-corrected chi connectivity index (χ4v) is 6.24. The van der Waals surface area contributed by atoms with E-state index in [-0.39, 0.29) is 43.8 Å². The van der Waals surface area contributed by atoms with Crippen molar-refractivity contribution in [2.75, 3.05) is 26.4 Å². The van der Waals surface area contributed by atoms with E-state index in [0.717, 1.165) is 55.6 Å². The summed E-state index contributed by atoms with van der Waals surface area (Å²) in [5.74, 6) is 0.440. The van der Waals surface area contributed by atoms with Crippen molar-refractivity contribution in [3.05, 3.63) is 85.0 Å². The summed E-state index contributed by atoms with van der Waals surface area (Å²) >= 11 is 0. The molecule has 0 aliphatic heterocycles. The van der Waals surface area contributed by atoms with Crippen molar-refractivity contribution in [1.29, 1.82) is 0 Å². The molecule has 0 radical (unpaired) electrons. The Morgan fingerprint density at radius 2 is 0.800 bits per heavy atom. The number of hydrogen-bond donors (Lipinski definition) is 3. The van der Waals surface area contributed by atoms with E-state index in [4.69, 9.17) is 18.9 Å². The van der Waals surface area contributed by atoms with Gasteiger partial charge in [0, 0.05) is 54.6 Å². The highest BCUT2D eigenvalue weighted by molar-refractivity contribution is 5.62. The van der Waals surface area contributed by atoms with Gasteiger partial charge in [-0.1, -0.05) is 19.9 Å². The Morgan fingerprint density at radius 3 is 1.16 bits per heavy atom. The number of phenols is 3. The second-order valence-electron chi connectivity index (χ2n) is 11.4. The van der Waals surface area contributed by atoms with Crippen LogP contribution in [0.1, 0.15) is 114 Å². The fraction of sp³-hybridized carbons (Fsp3) is 0.526. The zero-order valence-electron chi connectivity index (χ0n) is 28.9. The van der Waals surface area contributed by atoms with Gasteiger partial charge in [-0.2, -0.15) is 0 Å². The molecule has 0 aliphatic rings. The quantitative estimate of drug-likeness (QED) is 0.131. The number of rotatable bonds is 17. The van der Waals surface area contributed by atoms with Crippen LogP contribution in [0.25, 0.3) is 0 Å². The average molecular weight is 623 g/mol. The van der Waals surface area contributed by atoms with Crippen molar-refractivity contribution in [3.8, 4) is 17.2 Å². The minimum absolute atomic E-state index is 0.194. The first-order valence-electron chi connectivity index (χ1n) is 16.4. The molecule has 0 spiro atoms. The van der Waals surface area contributed by atoms with Gasteiger partial charge in [0.2, 0.25) is 0 Å². The van der Waals surface area contributed by atoms with Gasteiger partial charge in [0.05, 0.1) is 26.4 Å². The van der Waals surface area contributed by atoms with Crippen LogP contribution in [-0.2, 0) is 58.2 Å². The number of phenolic OH excluding ortho intramolecular Hbond substituents is 3. The SMILES string of the molecule is CCOCc1cc(C(c2cc(CC)c(O)c(CC)c2C)c2cc(COCC)c(O)c(COCC)c2C)c(C)c(COCC)c1O. The lowest BCUT2D eigenvalue weighted by atomic mass is 9.75. The highest BCUT2D eigenvalue weighted by atomic mass is 16.5. The van der Waals surface area contributed by atoms with Crippen molar-refractivity contribution in [2.45, 2.75) is 108 Å². The fourth-order valence-electron chi connectivity index (χ4n) is 6.24. The summed E-state index contributed by atoms with van der Waals surface area (Å²) in [6, 6.07) is 6.24. The maximum Gasteiger partial charge on any atom is 0.126 e. The number of ether oxygens (including phenoxy) is 4.